The van der Waals surface area contributed by atoms with Crippen LogP contribution < -0.4 is 10.5 Å². The molecule has 0 saturated heterocycles. The average molecular weight is 223 g/mol. The summed E-state index contributed by atoms with van der Waals surface area (Å²) < 4.78 is 19.4. The van der Waals surface area contributed by atoms with E-state index in [4.69, 9.17) is 10.5 Å². The van der Waals surface area contributed by atoms with Gasteiger partial charge in [0.25, 0.3) is 0 Å². The molecule has 2 atom stereocenters. The second kappa shape index (κ2) is 4.83. The summed E-state index contributed by atoms with van der Waals surface area (Å²) in [7, 11) is 0. The molecule has 1 aromatic carbocycles. The predicted molar refractivity (Wildman–Crippen MR) is 62.0 cm³/mol. The minimum Gasteiger partial charge on any atom is -0.487 e. The van der Waals surface area contributed by atoms with Gasteiger partial charge in [0.1, 0.15) is 6.10 Å². The van der Waals surface area contributed by atoms with Gasteiger partial charge in [0, 0.05) is 6.04 Å². The Morgan fingerprint density at radius 1 is 1.38 bits per heavy atom. The molecule has 0 amide bonds. The molecule has 1 fully saturated rings. The summed E-state index contributed by atoms with van der Waals surface area (Å²) in [6.45, 7) is 1.74. The molecule has 2 N–H and O–H groups in total. The first-order valence-corrected chi connectivity index (χ1v) is 5.84. The summed E-state index contributed by atoms with van der Waals surface area (Å²) in [5.41, 5.74) is 6.50. The largest absolute Gasteiger partial charge is 0.487 e. The van der Waals surface area contributed by atoms with Gasteiger partial charge >= 0.3 is 0 Å². The van der Waals surface area contributed by atoms with E-state index in [1.807, 2.05) is 6.07 Å². The van der Waals surface area contributed by atoms with E-state index in [-0.39, 0.29) is 18.0 Å². The molecule has 2 nitrogen and oxygen atoms in total. The molecule has 1 aromatic rings. The molecule has 0 radical (unpaired) electrons. The molecule has 1 aliphatic carbocycles. The third-order valence-corrected chi connectivity index (χ3v) is 3.12. The van der Waals surface area contributed by atoms with Crippen LogP contribution in [0.2, 0.25) is 0 Å². The van der Waals surface area contributed by atoms with Crippen LogP contribution in [0.4, 0.5) is 4.39 Å². The SMILES string of the molecule is Cc1cccc(OC2CCCC(N)C2)c1F. The van der Waals surface area contributed by atoms with Crippen molar-refractivity contribution in [1.82, 2.24) is 0 Å². The molecule has 0 aromatic heterocycles. The quantitative estimate of drug-likeness (QED) is 0.836. The summed E-state index contributed by atoms with van der Waals surface area (Å²) in [5, 5.41) is 0. The first-order chi connectivity index (χ1) is 7.66. The van der Waals surface area contributed by atoms with Gasteiger partial charge in [0.15, 0.2) is 11.6 Å². The van der Waals surface area contributed by atoms with Crippen molar-refractivity contribution in [2.75, 3.05) is 0 Å². The van der Waals surface area contributed by atoms with E-state index < -0.39 is 0 Å². The van der Waals surface area contributed by atoms with Crippen molar-refractivity contribution in [3.63, 3.8) is 0 Å². The Balaban J connectivity index is 2.05. The standard InChI is InChI=1S/C13H18FNO/c1-9-4-2-7-12(13(9)14)16-11-6-3-5-10(15)8-11/h2,4,7,10-11H,3,5-6,8,15H2,1H3. The summed E-state index contributed by atoms with van der Waals surface area (Å²) in [5.74, 6) is 0.112. The van der Waals surface area contributed by atoms with Crippen molar-refractivity contribution in [2.45, 2.75) is 44.8 Å². The Kier molecular flexibility index (Phi) is 3.44. The lowest BCUT2D eigenvalue weighted by atomic mass is 9.93. The van der Waals surface area contributed by atoms with Crippen molar-refractivity contribution in [1.29, 1.82) is 0 Å². The fourth-order valence-corrected chi connectivity index (χ4v) is 2.18. The van der Waals surface area contributed by atoms with Crippen LogP contribution in [0.25, 0.3) is 0 Å². The number of hydrogen-bond acceptors (Lipinski definition) is 2. The van der Waals surface area contributed by atoms with Crippen LogP contribution in [0.5, 0.6) is 5.75 Å². The number of benzene rings is 1. The van der Waals surface area contributed by atoms with Gasteiger partial charge < -0.3 is 10.5 Å². The van der Waals surface area contributed by atoms with E-state index in [0.717, 1.165) is 25.7 Å². The number of ether oxygens (including phenoxy) is 1. The third-order valence-electron chi connectivity index (χ3n) is 3.12. The van der Waals surface area contributed by atoms with Crippen molar-refractivity contribution in [2.24, 2.45) is 5.73 Å². The van der Waals surface area contributed by atoms with Gasteiger partial charge in [0.05, 0.1) is 0 Å². The van der Waals surface area contributed by atoms with Crippen LogP contribution in [0.3, 0.4) is 0 Å². The van der Waals surface area contributed by atoms with Crippen LogP contribution >= 0.6 is 0 Å². The molecule has 0 heterocycles. The molecule has 1 saturated carbocycles. The van der Waals surface area contributed by atoms with E-state index in [0.29, 0.717) is 11.3 Å². The van der Waals surface area contributed by atoms with Gasteiger partial charge in [-0.05, 0) is 44.2 Å². The van der Waals surface area contributed by atoms with E-state index in [9.17, 15) is 4.39 Å². The summed E-state index contributed by atoms with van der Waals surface area (Å²) in [6, 6.07) is 5.44. The van der Waals surface area contributed by atoms with E-state index in [1.54, 1.807) is 19.1 Å². The van der Waals surface area contributed by atoms with Crippen molar-refractivity contribution in [3.05, 3.63) is 29.6 Å². The minimum atomic E-state index is -0.248. The Morgan fingerprint density at radius 3 is 2.94 bits per heavy atom. The highest BCUT2D eigenvalue weighted by molar-refractivity contribution is 5.30. The zero-order valence-corrected chi connectivity index (χ0v) is 9.58. The first-order valence-electron chi connectivity index (χ1n) is 5.84. The summed E-state index contributed by atoms with van der Waals surface area (Å²) in [4.78, 5) is 0. The van der Waals surface area contributed by atoms with Crippen molar-refractivity contribution >= 4 is 0 Å². The molecule has 0 spiro atoms. The van der Waals surface area contributed by atoms with Crippen molar-refractivity contribution in [3.8, 4) is 5.75 Å². The summed E-state index contributed by atoms with van der Waals surface area (Å²) in [6.07, 6.45) is 3.99. The smallest absolute Gasteiger partial charge is 0.167 e. The third kappa shape index (κ3) is 2.53. The van der Waals surface area contributed by atoms with Gasteiger partial charge in [-0.25, -0.2) is 4.39 Å². The van der Waals surface area contributed by atoms with Crippen LogP contribution in [0.15, 0.2) is 18.2 Å². The predicted octanol–water partition coefficient (Wildman–Crippen LogP) is 2.78. The molecule has 2 rings (SSSR count). The number of hydrogen-bond donors (Lipinski definition) is 1. The minimum absolute atomic E-state index is 0.0695. The van der Waals surface area contributed by atoms with Crippen LogP contribution in [-0.4, -0.2) is 12.1 Å². The fourth-order valence-electron chi connectivity index (χ4n) is 2.18. The molecule has 2 unspecified atom stereocenters. The lowest BCUT2D eigenvalue weighted by Gasteiger charge is -2.27. The maximum Gasteiger partial charge on any atom is 0.167 e. The number of rotatable bonds is 2. The van der Waals surface area contributed by atoms with Crippen LogP contribution in [-0.2, 0) is 0 Å². The maximum absolute atomic E-state index is 13.7. The van der Waals surface area contributed by atoms with E-state index in [2.05, 4.69) is 0 Å². The molecule has 0 bridgehead atoms. The zero-order valence-electron chi connectivity index (χ0n) is 9.58. The average Bonchev–Trinajstić information content (AvgIpc) is 2.25. The van der Waals surface area contributed by atoms with Gasteiger partial charge in [-0.15, -0.1) is 0 Å². The first kappa shape index (κ1) is 11.4. The zero-order chi connectivity index (χ0) is 11.5. The molecule has 88 valence electrons. The molecular formula is C13H18FNO. The van der Waals surface area contributed by atoms with Gasteiger partial charge in [-0.1, -0.05) is 12.1 Å². The highest BCUT2D eigenvalue weighted by Gasteiger charge is 2.21. The van der Waals surface area contributed by atoms with Gasteiger partial charge in [-0.2, -0.15) is 0 Å². The molecule has 3 heteroatoms. The van der Waals surface area contributed by atoms with E-state index in [1.165, 1.54) is 0 Å². The lowest BCUT2D eigenvalue weighted by molar-refractivity contribution is 0.138. The van der Waals surface area contributed by atoms with E-state index >= 15 is 0 Å². The molecule has 16 heavy (non-hydrogen) atoms. The second-order valence-electron chi connectivity index (χ2n) is 4.55. The lowest BCUT2D eigenvalue weighted by Crippen LogP contribution is -2.33. The number of aryl methyl sites for hydroxylation is 1. The fraction of sp³-hybridized carbons (Fsp3) is 0.538. The molecule has 1 aliphatic rings. The Morgan fingerprint density at radius 2 is 2.19 bits per heavy atom. The molecule has 0 aliphatic heterocycles. The molecular weight excluding hydrogens is 205 g/mol. The normalized spacial score (nSPS) is 25.4. The summed E-state index contributed by atoms with van der Waals surface area (Å²) >= 11 is 0. The van der Waals surface area contributed by atoms with Crippen molar-refractivity contribution < 1.29 is 9.13 Å². The number of nitrogens with two attached hydrogens (primary N) is 1. The topological polar surface area (TPSA) is 35.2 Å². The second-order valence-corrected chi connectivity index (χ2v) is 4.55. The monoisotopic (exact) mass is 223 g/mol. The van der Waals surface area contributed by atoms with Crippen LogP contribution in [0, 0.1) is 12.7 Å². The van der Waals surface area contributed by atoms with Gasteiger partial charge in [-0.3, -0.25) is 0 Å². The number of halogens is 1. The Bertz CT molecular complexity index is 367. The Hall–Kier alpha value is -1.09. The maximum atomic E-state index is 13.7. The van der Waals surface area contributed by atoms with Gasteiger partial charge in [0.2, 0.25) is 0 Å². The Labute approximate surface area is 95.6 Å². The highest BCUT2D eigenvalue weighted by atomic mass is 19.1. The van der Waals surface area contributed by atoms with Crippen LogP contribution in [0.1, 0.15) is 31.2 Å². The highest BCUT2D eigenvalue weighted by Crippen LogP contribution is 2.26.